The highest BCUT2D eigenvalue weighted by molar-refractivity contribution is 5.45. The van der Waals surface area contributed by atoms with Gasteiger partial charge in [0.05, 0.1) is 24.9 Å². The van der Waals surface area contributed by atoms with Crippen molar-refractivity contribution in [2.24, 2.45) is 11.1 Å². The van der Waals surface area contributed by atoms with E-state index in [1.807, 2.05) is 12.1 Å². The molecule has 0 aromatic heterocycles. The Morgan fingerprint density at radius 3 is 2.90 bits per heavy atom. The summed E-state index contributed by atoms with van der Waals surface area (Å²) < 4.78 is 11.4. The lowest BCUT2D eigenvalue weighted by Crippen LogP contribution is -2.55. The summed E-state index contributed by atoms with van der Waals surface area (Å²) in [6, 6.07) is 6.03. The second kappa shape index (κ2) is 4.45. The molecular weight excluding hydrogens is 266 g/mol. The fraction of sp³-hybridized carbons (Fsp3) is 0.647. The van der Waals surface area contributed by atoms with Crippen LogP contribution >= 0.6 is 0 Å². The number of rotatable bonds is 3. The molecule has 4 atom stereocenters. The predicted octanol–water partition coefficient (Wildman–Crippen LogP) is 1.73. The van der Waals surface area contributed by atoms with Gasteiger partial charge in [-0.25, -0.2) is 0 Å². The van der Waals surface area contributed by atoms with E-state index in [0.29, 0.717) is 6.54 Å². The number of ether oxygens (including phenoxy) is 2. The van der Waals surface area contributed by atoms with Gasteiger partial charge in [-0.2, -0.15) is 0 Å². The molecule has 1 aliphatic carbocycles. The largest absolute Gasteiger partial charge is 0.497 e. The summed E-state index contributed by atoms with van der Waals surface area (Å²) in [5.74, 6) is 0.797. The van der Waals surface area contributed by atoms with Crippen molar-refractivity contribution in [3.05, 3.63) is 29.3 Å². The topological polar surface area (TPSA) is 64.7 Å². The normalized spacial score (nSPS) is 40.5. The predicted molar refractivity (Wildman–Crippen MR) is 79.2 cm³/mol. The van der Waals surface area contributed by atoms with Crippen molar-refractivity contribution in [2.45, 2.75) is 49.9 Å². The minimum atomic E-state index is -0.883. The van der Waals surface area contributed by atoms with Gasteiger partial charge < -0.3 is 20.3 Å². The van der Waals surface area contributed by atoms with E-state index in [9.17, 15) is 5.11 Å². The Balaban J connectivity index is 1.82. The number of aryl methyl sites for hydroxylation is 1. The summed E-state index contributed by atoms with van der Waals surface area (Å²) in [5, 5.41) is 11.6. The Hall–Kier alpha value is -1.10. The maximum absolute atomic E-state index is 11.6. The van der Waals surface area contributed by atoms with Crippen LogP contribution in [-0.4, -0.2) is 31.0 Å². The van der Waals surface area contributed by atoms with E-state index in [0.717, 1.165) is 43.4 Å². The molecule has 2 bridgehead atoms. The van der Waals surface area contributed by atoms with Gasteiger partial charge in [-0.05, 0) is 55.4 Å². The fourth-order valence-electron chi connectivity index (χ4n) is 4.87. The van der Waals surface area contributed by atoms with Crippen molar-refractivity contribution in [2.75, 3.05) is 13.7 Å². The molecule has 3 N–H and O–H groups in total. The van der Waals surface area contributed by atoms with Gasteiger partial charge >= 0.3 is 0 Å². The number of aliphatic hydroxyl groups is 1. The van der Waals surface area contributed by atoms with Crippen LogP contribution in [0.2, 0.25) is 0 Å². The number of benzene rings is 1. The second-order valence-corrected chi connectivity index (χ2v) is 6.77. The fourth-order valence-corrected chi connectivity index (χ4v) is 4.87. The second-order valence-electron chi connectivity index (χ2n) is 6.77. The van der Waals surface area contributed by atoms with Gasteiger partial charge in [-0.1, -0.05) is 6.07 Å². The molecular formula is C17H23NO3. The zero-order valence-corrected chi connectivity index (χ0v) is 12.5. The molecule has 0 radical (unpaired) electrons. The first-order valence-electron chi connectivity index (χ1n) is 7.88. The molecule has 4 nitrogen and oxygen atoms in total. The Bertz CT molecular complexity index is 575. The van der Waals surface area contributed by atoms with Crippen molar-refractivity contribution in [3.63, 3.8) is 0 Å². The molecule has 1 aromatic rings. The van der Waals surface area contributed by atoms with Crippen molar-refractivity contribution in [1.29, 1.82) is 0 Å². The van der Waals surface area contributed by atoms with E-state index < -0.39 is 5.60 Å². The monoisotopic (exact) mass is 289 g/mol. The number of nitrogens with two attached hydrogens (primary N) is 1. The van der Waals surface area contributed by atoms with Gasteiger partial charge in [0.1, 0.15) is 5.75 Å². The lowest BCUT2D eigenvalue weighted by Gasteiger charge is -2.46. The van der Waals surface area contributed by atoms with Crippen LogP contribution in [0.3, 0.4) is 0 Å². The third-order valence-electron chi connectivity index (χ3n) is 6.02. The Kier molecular flexibility index (Phi) is 2.87. The molecule has 2 aliphatic heterocycles. The quantitative estimate of drug-likeness (QED) is 0.889. The highest BCUT2D eigenvalue weighted by Gasteiger charge is 2.64. The summed E-state index contributed by atoms with van der Waals surface area (Å²) >= 11 is 0. The van der Waals surface area contributed by atoms with Crippen molar-refractivity contribution >= 4 is 0 Å². The van der Waals surface area contributed by atoms with Gasteiger partial charge in [0.2, 0.25) is 0 Å². The van der Waals surface area contributed by atoms with Gasteiger partial charge in [-0.15, -0.1) is 0 Å². The average Bonchev–Trinajstić information content (AvgIpc) is 3.21. The van der Waals surface area contributed by atoms with Crippen molar-refractivity contribution in [3.8, 4) is 5.75 Å². The maximum Gasteiger partial charge on any atom is 0.119 e. The summed E-state index contributed by atoms with van der Waals surface area (Å²) in [6.45, 7) is 0.474. The minimum absolute atomic E-state index is 0.0923. The third-order valence-corrected chi connectivity index (χ3v) is 6.02. The minimum Gasteiger partial charge on any atom is -0.497 e. The van der Waals surface area contributed by atoms with E-state index in [4.69, 9.17) is 15.2 Å². The van der Waals surface area contributed by atoms with Crippen molar-refractivity contribution < 1.29 is 14.6 Å². The highest BCUT2D eigenvalue weighted by Crippen LogP contribution is 2.60. The molecule has 0 spiro atoms. The zero-order chi connectivity index (χ0) is 14.7. The van der Waals surface area contributed by atoms with Gasteiger partial charge in [0.15, 0.2) is 0 Å². The smallest absolute Gasteiger partial charge is 0.119 e. The summed E-state index contributed by atoms with van der Waals surface area (Å²) in [5.41, 5.74) is 7.17. The number of hydrogen-bond donors (Lipinski definition) is 2. The molecule has 0 amide bonds. The molecule has 2 heterocycles. The lowest BCUT2D eigenvalue weighted by molar-refractivity contribution is -0.116. The Labute approximate surface area is 125 Å². The molecule has 4 rings (SSSR count). The van der Waals surface area contributed by atoms with Crippen LogP contribution in [0.1, 0.15) is 36.8 Å². The SMILES string of the molecule is COc1ccc2c(c1)C(O)(C1(CN)CC3CCC1O3)CC2. The van der Waals surface area contributed by atoms with Gasteiger partial charge in [-0.3, -0.25) is 0 Å². The van der Waals surface area contributed by atoms with Crippen molar-refractivity contribution in [1.82, 2.24) is 0 Å². The molecule has 4 heteroatoms. The average molecular weight is 289 g/mol. The lowest BCUT2D eigenvalue weighted by atomic mass is 9.61. The van der Waals surface area contributed by atoms with Crippen LogP contribution in [0.25, 0.3) is 0 Å². The van der Waals surface area contributed by atoms with Crippen LogP contribution in [0.15, 0.2) is 18.2 Å². The molecule has 114 valence electrons. The molecule has 2 saturated heterocycles. The number of hydrogen-bond acceptors (Lipinski definition) is 4. The molecule has 2 fully saturated rings. The van der Waals surface area contributed by atoms with Crippen LogP contribution in [0.5, 0.6) is 5.75 Å². The molecule has 1 aromatic carbocycles. The molecule has 4 unspecified atom stereocenters. The number of methoxy groups -OCH3 is 1. The molecule has 21 heavy (non-hydrogen) atoms. The summed E-state index contributed by atoms with van der Waals surface area (Å²) in [7, 11) is 1.66. The van der Waals surface area contributed by atoms with Crippen LogP contribution in [0.4, 0.5) is 0 Å². The van der Waals surface area contributed by atoms with E-state index in [-0.39, 0.29) is 17.6 Å². The van der Waals surface area contributed by atoms with E-state index in [1.54, 1.807) is 7.11 Å². The van der Waals surface area contributed by atoms with Gasteiger partial charge in [0.25, 0.3) is 0 Å². The number of fused-ring (bicyclic) bond motifs is 3. The third kappa shape index (κ3) is 1.61. The van der Waals surface area contributed by atoms with E-state index in [2.05, 4.69) is 6.07 Å². The summed E-state index contributed by atoms with van der Waals surface area (Å²) in [6.07, 6.45) is 5.00. The maximum atomic E-state index is 11.6. The zero-order valence-electron chi connectivity index (χ0n) is 12.5. The summed E-state index contributed by atoms with van der Waals surface area (Å²) in [4.78, 5) is 0. The Morgan fingerprint density at radius 1 is 1.43 bits per heavy atom. The van der Waals surface area contributed by atoms with E-state index in [1.165, 1.54) is 5.56 Å². The van der Waals surface area contributed by atoms with Crippen LogP contribution < -0.4 is 10.5 Å². The first-order valence-corrected chi connectivity index (χ1v) is 7.88. The highest BCUT2D eigenvalue weighted by atomic mass is 16.5. The Morgan fingerprint density at radius 2 is 2.29 bits per heavy atom. The first kappa shape index (κ1) is 13.6. The molecule has 0 saturated carbocycles. The first-order chi connectivity index (χ1) is 10.1. The van der Waals surface area contributed by atoms with E-state index >= 15 is 0 Å². The van der Waals surface area contributed by atoms with Gasteiger partial charge in [0, 0.05) is 12.0 Å². The molecule has 3 aliphatic rings. The van der Waals surface area contributed by atoms with Crippen LogP contribution in [-0.2, 0) is 16.8 Å². The van der Waals surface area contributed by atoms with Crippen LogP contribution in [0, 0.1) is 5.41 Å². The standard InChI is InChI=1S/C17H23NO3/c1-20-12-3-2-11-6-7-17(19,14(11)8-12)16(10-18)9-13-4-5-15(16)21-13/h2-3,8,13,15,19H,4-7,9-10,18H2,1H3.